The summed E-state index contributed by atoms with van der Waals surface area (Å²) in [5.41, 5.74) is 2.05. The molecule has 2 heterocycles. The highest BCUT2D eigenvalue weighted by Crippen LogP contribution is 2.38. The Kier molecular flexibility index (Phi) is 4.07. The predicted molar refractivity (Wildman–Crippen MR) is 88.2 cm³/mol. The number of rotatable bonds is 3. The Hall–Kier alpha value is -2.37. The van der Waals surface area contributed by atoms with E-state index >= 15 is 0 Å². The summed E-state index contributed by atoms with van der Waals surface area (Å²) >= 11 is 12.5. The van der Waals surface area contributed by atoms with Crippen molar-refractivity contribution in [2.75, 3.05) is 0 Å². The van der Waals surface area contributed by atoms with Crippen molar-refractivity contribution in [1.29, 1.82) is 0 Å². The van der Waals surface area contributed by atoms with Crippen LogP contribution in [0.2, 0.25) is 10.0 Å². The summed E-state index contributed by atoms with van der Waals surface area (Å²) in [6, 6.07) is 5.02. The summed E-state index contributed by atoms with van der Waals surface area (Å²) in [7, 11) is 0. The maximum atomic E-state index is 11.6. The number of benzene rings is 1. The Balaban J connectivity index is 2.46. The van der Waals surface area contributed by atoms with Gasteiger partial charge in [-0.15, -0.1) is 0 Å². The highest BCUT2D eigenvalue weighted by molar-refractivity contribution is 6.45. The number of ketones is 1. The maximum Gasteiger partial charge on any atom is 0.180 e. The lowest BCUT2D eigenvalue weighted by Gasteiger charge is -2.11. The molecular weight excluding hydrogens is 337 g/mol. The number of aldehydes is 1. The van der Waals surface area contributed by atoms with E-state index in [1.165, 1.54) is 13.0 Å². The highest BCUT2D eigenvalue weighted by Gasteiger charge is 2.19. The van der Waals surface area contributed by atoms with E-state index in [0.717, 1.165) is 5.56 Å². The van der Waals surface area contributed by atoms with Crippen molar-refractivity contribution in [2.45, 2.75) is 6.92 Å². The first kappa shape index (κ1) is 15.5. The van der Waals surface area contributed by atoms with E-state index in [1.807, 2.05) is 0 Å². The number of aromatic nitrogens is 3. The second kappa shape index (κ2) is 6.02. The van der Waals surface area contributed by atoms with Gasteiger partial charge < -0.3 is 0 Å². The smallest absolute Gasteiger partial charge is 0.180 e. The van der Waals surface area contributed by atoms with Crippen LogP contribution in [0.3, 0.4) is 0 Å². The van der Waals surface area contributed by atoms with Crippen LogP contribution in [-0.4, -0.2) is 27.0 Å². The molecule has 0 amide bonds. The van der Waals surface area contributed by atoms with Crippen molar-refractivity contribution in [3.8, 4) is 11.1 Å². The molecule has 0 bridgehead atoms. The van der Waals surface area contributed by atoms with Crippen LogP contribution < -0.4 is 0 Å². The SMILES string of the molecule is CC(=O)c1nc2cc(Cl)c(Cl)c(-c3ccncc3)c2nc1C=O. The predicted octanol–water partition coefficient (Wildman–Crippen LogP) is 4.01. The third kappa shape index (κ3) is 2.69. The summed E-state index contributed by atoms with van der Waals surface area (Å²) in [4.78, 5) is 35.4. The number of halogens is 2. The Morgan fingerprint density at radius 1 is 1.17 bits per heavy atom. The van der Waals surface area contributed by atoms with Gasteiger partial charge in [-0.1, -0.05) is 23.2 Å². The zero-order valence-electron chi connectivity index (χ0n) is 11.9. The third-order valence-corrected chi connectivity index (χ3v) is 4.08. The number of carbonyl (C=O) groups excluding carboxylic acids is 2. The van der Waals surface area contributed by atoms with Crippen LogP contribution in [0.15, 0.2) is 30.6 Å². The summed E-state index contributed by atoms with van der Waals surface area (Å²) < 4.78 is 0. The van der Waals surface area contributed by atoms with E-state index in [0.29, 0.717) is 27.9 Å². The van der Waals surface area contributed by atoms with E-state index < -0.39 is 0 Å². The van der Waals surface area contributed by atoms with Gasteiger partial charge in [-0.2, -0.15) is 0 Å². The van der Waals surface area contributed by atoms with E-state index in [4.69, 9.17) is 23.2 Å². The van der Waals surface area contributed by atoms with Crippen molar-refractivity contribution in [1.82, 2.24) is 15.0 Å². The fourth-order valence-electron chi connectivity index (χ4n) is 2.28. The number of fused-ring (bicyclic) bond motifs is 1. The molecule has 0 aliphatic rings. The van der Waals surface area contributed by atoms with Crippen LogP contribution in [0.4, 0.5) is 0 Å². The highest BCUT2D eigenvalue weighted by atomic mass is 35.5. The van der Waals surface area contributed by atoms with Gasteiger partial charge in [0.25, 0.3) is 0 Å². The fourth-order valence-corrected chi connectivity index (χ4v) is 2.73. The quantitative estimate of drug-likeness (QED) is 0.529. The molecule has 7 heteroatoms. The van der Waals surface area contributed by atoms with Crippen LogP contribution >= 0.6 is 23.2 Å². The summed E-state index contributed by atoms with van der Waals surface area (Å²) in [5, 5.41) is 0.584. The van der Waals surface area contributed by atoms with Gasteiger partial charge in [0.15, 0.2) is 12.1 Å². The molecule has 1 aromatic carbocycles. The standard InChI is InChI=1S/C16H9Cl2N3O2/c1-8(23)15-12(7-22)21-16-11(20-15)6-10(17)14(18)13(16)9-2-4-19-5-3-9/h2-7H,1H3. The maximum absolute atomic E-state index is 11.6. The molecule has 23 heavy (non-hydrogen) atoms. The van der Waals surface area contributed by atoms with Crippen LogP contribution in [0.1, 0.15) is 27.9 Å². The molecule has 114 valence electrons. The van der Waals surface area contributed by atoms with Gasteiger partial charge in [0.2, 0.25) is 0 Å². The normalized spacial score (nSPS) is 10.7. The van der Waals surface area contributed by atoms with Crippen LogP contribution in [0.5, 0.6) is 0 Å². The van der Waals surface area contributed by atoms with Crippen LogP contribution in [0.25, 0.3) is 22.2 Å². The van der Waals surface area contributed by atoms with Gasteiger partial charge in [-0.3, -0.25) is 14.6 Å². The number of pyridine rings is 1. The molecule has 0 aliphatic carbocycles. The lowest BCUT2D eigenvalue weighted by Crippen LogP contribution is -2.06. The largest absolute Gasteiger partial charge is 0.296 e. The molecular formula is C16H9Cl2N3O2. The van der Waals surface area contributed by atoms with Gasteiger partial charge in [-0.05, 0) is 23.8 Å². The molecule has 0 radical (unpaired) electrons. The van der Waals surface area contributed by atoms with Gasteiger partial charge in [0.05, 0.1) is 21.1 Å². The molecule has 5 nitrogen and oxygen atoms in total. The number of Topliss-reactive ketones (excluding diaryl/α,β-unsaturated/α-hetero) is 1. The van der Waals surface area contributed by atoms with Crippen molar-refractivity contribution in [3.05, 3.63) is 52.0 Å². The number of carbonyl (C=O) groups is 2. The fraction of sp³-hybridized carbons (Fsp3) is 0.0625. The molecule has 0 fully saturated rings. The lowest BCUT2D eigenvalue weighted by atomic mass is 10.0. The Labute approximate surface area is 141 Å². The summed E-state index contributed by atoms with van der Waals surface area (Å²) in [6.07, 6.45) is 3.72. The summed E-state index contributed by atoms with van der Waals surface area (Å²) in [6.45, 7) is 1.32. The number of hydrogen-bond acceptors (Lipinski definition) is 5. The first-order valence-electron chi connectivity index (χ1n) is 6.59. The molecule has 3 rings (SSSR count). The first-order chi connectivity index (χ1) is 11.0. The third-order valence-electron chi connectivity index (χ3n) is 3.29. The van der Waals surface area contributed by atoms with Crippen LogP contribution in [-0.2, 0) is 0 Å². The zero-order chi connectivity index (χ0) is 16.6. The molecule has 0 aliphatic heterocycles. The van der Waals surface area contributed by atoms with E-state index in [-0.39, 0.29) is 22.2 Å². The van der Waals surface area contributed by atoms with Crippen molar-refractivity contribution >= 4 is 46.3 Å². The first-order valence-corrected chi connectivity index (χ1v) is 7.34. The Morgan fingerprint density at radius 2 is 1.87 bits per heavy atom. The van der Waals surface area contributed by atoms with E-state index in [9.17, 15) is 9.59 Å². The zero-order valence-corrected chi connectivity index (χ0v) is 13.4. The van der Waals surface area contributed by atoms with Crippen molar-refractivity contribution < 1.29 is 9.59 Å². The molecule has 0 unspecified atom stereocenters. The minimum Gasteiger partial charge on any atom is -0.296 e. The summed E-state index contributed by atoms with van der Waals surface area (Å²) in [5.74, 6) is -0.349. The molecule has 0 saturated carbocycles. The van der Waals surface area contributed by atoms with Crippen molar-refractivity contribution in [3.63, 3.8) is 0 Å². The molecule has 0 atom stereocenters. The Morgan fingerprint density at radius 3 is 2.48 bits per heavy atom. The second-order valence-electron chi connectivity index (χ2n) is 4.78. The average Bonchev–Trinajstić information content (AvgIpc) is 2.55. The molecule has 3 aromatic rings. The van der Waals surface area contributed by atoms with Gasteiger partial charge in [-0.25, -0.2) is 9.97 Å². The van der Waals surface area contributed by atoms with Gasteiger partial charge in [0, 0.05) is 24.9 Å². The molecule has 0 spiro atoms. The van der Waals surface area contributed by atoms with Crippen LogP contribution in [0, 0.1) is 0 Å². The van der Waals surface area contributed by atoms with E-state index in [2.05, 4.69) is 15.0 Å². The van der Waals surface area contributed by atoms with Gasteiger partial charge >= 0.3 is 0 Å². The average molecular weight is 346 g/mol. The number of nitrogens with zero attached hydrogens (tertiary/aromatic N) is 3. The minimum atomic E-state index is -0.349. The lowest BCUT2D eigenvalue weighted by molar-refractivity contribution is 0.0999. The monoisotopic (exact) mass is 345 g/mol. The minimum absolute atomic E-state index is 0.00608. The Bertz CT molecular complexity index is 943. The van der Waals surface area contributed by atoms with E-state index in [1.54, 1.807) is 24.5 Å². The molecule has 0 saturated heterocycles. The van der Waals surface area contributed by atoms with Gasteiger partial charge in [0.1, 0.15) is 11.4 Å². The molecule has 2 aromatic heterocycles. The second-order valence-corrected chi connectivity index (χ2v) is 5.57. The number of hydrogen-bond donors (Lipinski definition) is 0. The molecule has 0 N–H and O–H groups in total. The topological polar surface area (TPSA) is 72.8 Å². The van der Waals surface area contributed by atoms with Crippen molar-refractivity contribution in [2.24, 2.45) is 0 Å².